The third-order valence-electron chi connectivity index (χ3n) is 5.55. The molecule has 29 heavy (non-hydrogen) atoms. The summed E-state index contributed by atoms with van der Waals surface area (Å²) in [7, 11) is 0. The van der Waals surface area contributed by atoms with Gasteiger partial charge in [0.25, 0.3) is 0 Å². The number of hydrogen-bond acceptors (Lipinski definition) is 5. The van der Waals surface area contributed by atoms with E-state index in [9.17, 15) is 5.11 Å². The Labute approximate surface area is 168 Å². The Morgan fingerprint density at radius 2 is 1.72 bits per heavy atom. The lowest BCUT2D eigenvalue weighted by atomic mass is 10.1. The van der Waals surface area contributed by atoms with Crippen molar-refractivity contribution in [3.05, 3.63) is 67.1 Å². The van der Waals surface area contributed by atoms with Crippen LogP contribution in [0, 0.1) is 0 Å². The Bertz CT molecular complexity index is 1140. The average Bonchev–Trinajstić information content (AvgIpc) is 3.34. The number of nitrogens with zero attached hydrogens (tertiary/aromatic N) is 3. The molecule has 146 valence electrons. The Morgan fingerprint density at radius 3 is 2.45 bits per heavy atom. The first kappa shape index (κ1) is 17.7. The molecular formula is C23H22N4O2. The van der Waals surface area contributed by atoms with Crippen molar-refractivity contribution in [3.8, 4) is 22.6 Å². The molecule has 1 fully saturated rings. The molecule has 2 atom stereocenters. The van der Waals surface area contributed by atoms with Crippen LogP contribution in [0.3, 0.4) is 0 Å². The van der Waals surface area contributed by atoms with Gasteiger partial charge in [-0.1, -0.05) is 30.3 Å². The number of rotatable bonds is 4. The zero-order valence-corrected chi connectivity index (χ0v) is 15.9. The molecule has 0 unspecified atom stereocenters. The van der Waals surface area contributed by atoms with Crippen LogP contribution in [-0.2, 0) is 0 Å². The fraction of sp³-hybridized carbons (Fsp3) is 0.217. The quantitative estimate of drug-likeness (QED) is 0.537. The van der Waals surface area contributed by atoms with E-state index in [1.54, 1.807) is 0 Å². The lowest BCUT2D eigenvalue weighted by Crippen LogP contribution is -2.07. The highest BCUT2D eigenvalue weighted by Gasteiger charge is 2.27. The van der Waals surface area contributed by atoms with Crippen molar-refractivity contribution in [2.75, 3.05) is 5.73 Å². The molecule has 0 amide bonds. The van der Waals surface area contributed by atoms with Crippen LogP contribution >= 0.6 is 0 Å². The summed E-state index contributed by atoms with van der Waals surface area (Å²) in [4.78, 5) is 8.70. The molecule has 0 saturated heterocycles. The van der Waals surface area contributed by atoms with Gasteiger partial charge in [0.15, 0.2) is 0 Å². The molecule has 5 rings (SSSR count). The molecule has 1 saturated carbocycles. The van der Waals surface area contributed by atoms with Gasteiger partial charge in [0, 0.05) is 17.8 Å². The molecule has 3 N–H and O–H groups in total. The minimum Gasteiger partial charge on any atom is -0.457 e. The molecule has 0 spiro atoms. The number of nitrogen functional groups attached to an aromatic ring is 1. The summed E-state index contributed by atoms with van der Waals surface area (Å²) in [5.41, 5.74) is 9.06. The third-order valence-corrected chi connectivity index (χ3v) is 5.55. The van der Waals surface area contributed by atoms with Gasteiger partial charge in [0.05, 0.1) is 11.5 Å². The van der Waals surface area contributed by atoms with Gasteiger partial charge in [-0.05, 0) is 49.1 Å². The van der Waals surface area contributed by atoms with Gasteiger partial charge >= 0.3 is 0 Å². The normalized spacial score (nSPS) is 18.9. The van der Waals surface area contributed by atoms with Gasteiger partial charge in [-0.3, -0.25) is 0 Å². The highest BCUT2D eigenvalue weighted by atomic mass is 16.5. The van der Waals surface area contributed by atoms with E-state index in [1.807, 2.05) is 54.6 Å². The molecular weight excluding hydrogens is 364 g/mol. The van der Waals surface area contributed by atoms with Crippen LogP contribution in [-0.4, -0.2) is 25.7 Å². The second kappa shape index (κ2) is 7.22. The van der Waals surface area contributed by atoms with Gasteiger partial charge in [-0.25, -0.2) is 9.97 Å². The van der Waals surface area contributed by atoms with Crippen LogP contribution in [0.25, 0.3) is 22.2 Å². The molecule has 2 heterocycles. The van der Waals surface area contributed by atoms with E-state index in [2.05, 4.69) is 20.7 Å². The van der Waals surface area contributed by atoms with Crippen molar-refractivity contribution >= 4 is 16.9 Å². The molecule has 2 aromatic heterocycles. The number of aromatic nitrogens is 3. The van der Waals surface area contributed by atoms with Crippen molar-refractivity contribution in [1.82, 2.24) is 14.5 Å². The number of fused-ring (bicyclic) bond motifs is 1. The number of para-hydroxylation sites is 1. The monoisotopic (exact) mass is 386 g/mol. The standard InChI is InChI=1S/C23H22N4O2/c24-22-21-20(13-27(23(21)26-14-25-22)16-8-9-17(28)12-16)15-6-10-19(11-7-15)29-18-4-2-1-3-5-18/h1-7,10-11,13-14,16-17,28H,8-9,12H2,(H2,24,25,26)/t16-,17+/m1/s1. The summed E-state index contributed by atoms with van der Waals surface area (Å²) in [5, 5.41) is 10.8. The van der Waals surface area contributed by atoms with Crippen LogP contribution in [0.5, 0.6) is 11.5 Å². The Hall–Kier alpha value is -3.38. The minimum atomic E-state index is -0.255. The van der Waals surface area contributed by atoms with E-state index >= 15 is 0 Å². The average molecular weight is 386 g/mol. The Morgan fingerprint density at radius 1 is 0.966 bits per heavy atom. The van der Waals surface area contributed by atoms with E-state index in [1.165, 1.54) is 6.33 Å². The summed E-state index contributed by atoms with van der Waals surface area (Å²) in [6, 6.07) is 17.9. The van der Waals surface area contributed by atoms with Crippen molar-refractivity contribution in [2.45, 2.75) is 31.4 Å². The smallest absolute Gasteiger partial charge is 0.146 e. The van der Waals surface area contributed by atoms with Gasteiger partial charge < -0.3 is 20.1 Å². The number of ether oxygens (including phenoxy) is 1. The van der Waals surface area contributed by atoms with Crippen molar-refractivity contribution in [3.63, 3.8) is 0 Å². The van der Waals surface area contributed by atoms with Crippen molar-refractivity contribution < 1.29 is 9.84 Å². The van der Waals surface area contributed by atoms with Crippen molar-refractivity contribution in [1.29, 1.82) is 0 Å². The predicted octanol–water partition coefficient (Wildman–Crippen LogP) is 4.56. The topological polar surface area (TPSA) is 86.2 Å². The maximum Gasteiger partial charge on any atom is 0.146 e. The molecule has 4 aromatic rings. The molecule has 2 aromatic carbocycles. The largest absolute Gasteiger partial charge is 0.457 e. The molecule has 0 radical (unpaired) electrons. The second-order valence-electron chi connectivity index (χ2n) is 7.47. The van der Waals surface area contributed by atoms with E-state index in [0.29, 0.717) is 5.82 Å². The van der Waals surface area contributed by atoms with Crippen LogP contribution in [0.15, 0.2) is 67.1 Å². The summed E-state index contributed by atoms with van der Waals surface area (Å²) in [6.45, 7) is 0. The SMILES string of the molecule is Nc1ncnc2c1c(-c1ccc(Oc3ccccc3)cc1)cn2[C@@H]1CC[C@H](O)C1. The zero-order valence-electron chi connectivity index (χ0n) is 15.9. The first-order valence-corrected chi connectivity index (χ1v) is 9.81. The number of anilines is 1. The maximum atomic E-state index is 9.98. The third kappa shape index (κ3) is 3.32. The number of nitrogens with two attached hydrogens (primary N) is 1. The molecule has 0 bridgehead atoms. The van der Waals surface area contributed by atoms with Crippen LogP contribution in [0.2, 0.25) is 0 Å². The van der Waals surface area contributed by atoms with Crippen LogP contribution in [0.4, 0.5) is 5.82 Å². The zero-order chi connectivity index (χ0) is 19.8. The lowest BCUT2D eigenvalue weighted by molar-refractivity contribution is 0.178. The fourth-order valence-electron chi connectivity index (χ4n) is 4.12. The molecule has 1 aliphatic carbocycles. The summed E-state index contributed by atoms with van der Waals surface area (Å²) >= 11 is 0. The number of aliphatic hydroxyl groups is 1. The summed E-state index contributed by atoms with van der Waals surface area (Å²) in [6.07, 6.45) is 5.81. The van der Waals surface area contributed by atoms with E-state index in [-0.39, 0.29) is 12.1 Å². The van der Waals surface area contributed by atoms with Gasteiger partial charge in [0.2, 0.25) is 0 Å². The summed E-state index contributed by atoms with van der Waals surface area (Å²) < 4.78 is 8.04. The number of benzene rings is 2. The molecule has 0 aliphatic heterocycles. The van der Waals surface area contributed by atoms with Gasteiger partial charge in [0.1, 0.15) is 29.3 Å². The minimum absolute atomic E-state index is 0.219. The first-order valence-electron chi connectivity index (χ1n) is 9.81. The van der Waals surface area contributed by atoms with E-state index < -0.39 is 0 Å². The molecule has 6 heteroatoms. The fourth-order valence-corrected chi connectivity index (χ4v) is 4.12. The first-order chi connectivity index (χ1) is 14.2. The number of hydrogen-bond donors (Lipinski definition) is 2. The van der Waals surface area contributed by atoms with Crippen molar-refractivity contribution in [2.24, 2.45) is 0 Å². The summed E-state index contributed by atoms with van der Waals surface area (Å²) in [5.74, 6) is 2.04. The molecule has 6 nitrogen and oxygen atoms in total. The second-order valence-corrected chi connectivity index (χ2v) is 7.47. The van der Waals surface area contributed by atoms with E-state index in [4.69, 9.17) is 10.5 Å². The highest BCUT2D eigenvalue weighted by Crippen LogP contribution is 2.39. The Kier molecular flexibility index (Phi) is 4.41. The van der Waals surface area contributed by atoms with Gasteiger partial charge in [-0.15, -0.1) is 0 Å². The lowest BCUT2D eigenvalue weighted by Gasteiger charge is -2.12. The number of aliphatic hydroxyl groups excluding tert-OH is 1. The van der Waals surface area contributed by atoms with E-state index in [0.717, 1.165) is 52.9 Å². The van der Waals surface area contributed by atoms with Gasteiger partial charge in [-0.2, -0.15) is 0 Å². The highest BCUT2D eigenvalue weighted by molar-refractivity contribution is 6.00. The van der Waals surface area contributed by atoms with Crippen LogP contribution < -0.4 is 10.5 Å². The predicted molar refractivity (Wildman–Crippen MR) is 113 cm³/mol. The Balaban J connectivity index is 1.53. The maximum absolute atomic E-state index is 9.98. The molecule has 1 aliphatic rings. The van der Waals surface area contributed by atoms with Crippen LogP contribution in [0.1, 0.15) is 25.3 Å².